The summed E-state index contributed by atoms with van der Waals surface area (Å²) < 4.78 is 26.8. The van der Waals surface area contributed by atoms with Gasteiger partial charge in [-0.3, -0.25) is 14.0 Å². The molecule has 8 heteroatoms. The highest BCUT2D eigenvalue weighted by Gasteiger charge is 2.24. The Hall–Kier alpha value is -2.42. The average Bonchev–Trinajstić information content (AvgIpc) is 2.76. The average molecular weight is 459 g/mol. The van der Waals surface area contributed by atoms with Gasteiger partial charge in [0.1, 0.15) is 0 Å². The summed E-state index contributed by atoms with van der Waals surface area (Å²) in [5.41, 5.74) is 2.72. The van der Waals surface area contributed by atoms with Crippen LogP contribution in [-0.4, -0.2) is 82.1 Å². The van der Waals surface area contributed by atoms with Gasteiger partial charge in [-0.25, -0.2) is 8.42 Å². The summed E-state index contributed by atoms with van der Waals surface area (Å²) in [4.78, 5) is 19.1. The molecule has 0 N–H and O–H groups in total. The standard InChI is InChI=1S/C24H34N4O3S/c1-25(2)20-24(29)27-17-16-26(18-21-10-5-4-6-11-21)14-9-15-28(32(3,30)31)23-13-8-7-12-22(23)19-27/h4-8,10-13H,9,14-20H2,1-3H3. The third-order valence-electron chi connectivity index (χ3n) is 5.60. The van der Waals surface area contributed by atoms with E-state index >= 15 is 0 Å². The molecule has 7 nitrogen and oxygen atoms in total. The number of benzene rings is 2. The molecule has 2 aromatic carbocycles. The largest absolute Gasteiger partial charge is 0.336 e. The van der Waals surface area contributed by atoms with Crippen LogP contribution in [0.2, 0.25) is 0 Å². The lowest BCUT2D eigenvalue weighted by molar-refractivity contribution is -0.132. The fourth-order valence-corrected chi connectivity index (χ4v) is 5.03. The van der Waals surface area contributed by atoms with Crippen molar-refractivity contribution in [2.24, 2.45) is 0 Å². The van der Waals surface area contributed by atoms with Crippen molar-refractivity contribution in [2.45, 2.75) is 19.5 Å². The topological polar surface area (TPSA) is 64.2 Å². The molecule has 0 bridgehead atoms. The highest BCUT2D eigenvalue weighted by molar-refractivity contribution is 7.92. The molecule has 1 heterocycles. The van der Waals surface area contributed by atoms with Crippen LogP contribution in [0.3, 0.4) is 0 Å². The van der Waals surface area contributed by atoms with Crippen molar-refractivity contribution < 1.29 is 13.2 Å². The Kier molecular flexibility index (Phi) is 8.28. The Morgan fingerprint density at radius 3 is 2.31 bits per heavy atom. The van der Waals surface area contributed by atoms with Gasteiger partial charge in [-0.15, -0.1) is 0 Å². The van der Waals surface area contributed by atoms with E-state index in [0.717, 1.165) is 25.2 Å². The number of anilines is 1. The number of hydrogen-bond donors (Lipinski definition) is 0. The van der Waals surface area contributed by atoms with Crippen molar-refractivity contribution in [2.75, 3.05) is 57.4 Å². The lowest BCUT2D eigenvalue weighted by atomic mass is 10.1. The van der Waals surface area contributed by atoms with E-state index in [-0.39, 0.29) is 5.91 Å². The Morgan fingerprint density at radius 1 is 0.938 bits per heavy atom. The molecule has 0 atom stereocenters. The summed E-state index contributed by atoms with van der Waals surface area (Å²) in [5, 5.41) is 0. The van der Waals surface area contributed by atoms with Crippen LogP contribution in [0.5, 0.6) is 0 Å². The van der Waals surface area contributed by atoms with Crippen molar-refractivity contribution in [3.8, 4) is 0 Å². The zero-order valence-corrected chi connectivity index (χ0v) is 20.1. The van der Waals surface area contributed by atoms with E-state index in [2.05, 4.69) is 17.0 Å². The normalized spacial score (nSPS) is 16.5. The number of nitrogens with zero attached hydrogens (tertiary/aromatic N) is 4. The van der Waals surface area contributed by atoms with E-state index < -0.39 is 10.0 Å². The lowest BCUT2D eigenvalue weighted by Gasteiger charge is -2.29. The van der Waals surface area contributed by atoms with Crippen LogP contribution in [0.1, 0.15) is 17.5 Å². The Morgan fingerprint density at radius 2 is 1.62 bits per heavy atom. The molecule has 3 rings (SSSR count). The van der Waals surface area contributed by atoms with E-state index in [9.17, 15) is 13.2 Å². The van der Waals surface area contributed by atoms with Crippen LogP contribution in [-0.2, 0) is 27.9 Å². The first-order valence-corrected chi connectivity index (χ1v) is 12.8. The highest BCUT2D eigenvalue weighted by Crippen LogP contribution is 2.25. The molecule has 1 aliphatic heterocycles. The molecule has 174 valence electrons. The van der Waals surface area contributed by atoms with Crippen molar-refractivity contribution in [3.63, 3.8) is 0 Å². The Labute approximate surface area is 192 Å². The first-order valence-electron chi connectivity index (χ1n) is 11.0. The summed E-state index contributed by atoms with van der Waals surface area (Å²) in [6.45, 7) is 3.94. The molecule has 0 spiro atoms. The summed E-state index contributed by atoms with van der Waals surface area (Å²) >= 11 is 0. The molecule has 0 unspecified atom stereocenters. The number of amides is 1. The summed E-state index contributed by atoms with van der Waals surface area (Å²) in [5.74, 6) is 0.0367. The minimum atomic E-state index is -3.45. The van der Waals surface area contributed by atoms with Crippen LogP contribution in [0.4, 0.5) is 5.69 Å². The predicted octanol–water partition coefficient (Wildman–Crippen LogP) is 2.25. The second-order valence-corrected chi connectivity index (χ2v) is 10.5. The highest BCUT2D eigenvalue weighted by atomic mass is 32.2. The van der Waals surface area contributed by atoms with Gasteiger partial charge in [0.25, 0.3) is 0 Å². The number of carbonyl (C=O) groups is 1. The molecular weight excluding hydrogens is 424 g/mol. The van der Waals surface area contributed by atoms with Gasteiger partial charge in [0.2, 0.25) is 15.9 Å². The monoisotopic (exact) mass is 458 g/mol. The molecule has 0 aliphatic carbocycles. The molecule has 1 aliphatic rings. The zero-order chi connectivity index (χ0) is 23.1. The van der Waals surface area contributed by atoms with E-state index in [1.54, 1.807) is 0 Å². The Balaban J connectivity index is 1.93. The van der Waals surface area contributed by atoms with Crippen LogP contribution >= 0.6 is 0 Å². The van der Waals surface area contributed by atoms with Crippen molar-refractivity contribution in [1.29, 1.82) is 0 Å². The second kappa shape index (κ2) is 10.9. The van der Waals surface area contributed by atoms with Gasteiger partial charge in [0, 0.05) is 39.3 Å². The minimum Gasteiger partial charge on any atom is -0.336 e. The van der Waals surface area contributed by atoms with Gasteiger partial charge in [-0.2, -0.15) is 0 Å². The first kappa shape index (κ1) is 24.2. The number of fused-ring (bicyclic) bond motifs is 1. The number of sulfonamides is 1. The Bertz CT molecular complexity index is 995. The maximum Gasteiger partial charge on any atom is 0.237 e. The number of rotatable bonds is 5. The minimum absolute atomic E-state index is 0.0367. The molecule has 2 aromatic rings. The fourth-order valence-electron chi connectivity index (χ4n) is 4.03. The fraction of sp³-hybridized carbons (Fsp3) is 0.458. The van der Waals surface area contributed by atoms with Crippen molar-refractivity contribution in [3.05, 3.63) is 65.7 Å². The maximum absolute atomic E-state index is 13.0. The van der Waals surface area contributed by atoms with Gasteiger partial charge < -0.3 is 9.80 Å². The van der Waals surface area contributed by atoms with Crippen LogP contribution < -0.4 is 4.31 Å². The molecule has 32 heavy (non-hydrogen) atoms. The van der Waals surface area contributed by atoms with Crippen molar-refractivity contribution in [1.82, 2.24) is 14.7 Å². The van der Waals surface area contributed by atoms with Crippen LogP contribution in [0.15, 0.2) is 54.6 Å². The van der Waals surface area contributed by atoms with Crippen LogP contribution in [0, 0.1) is 0 Å². The molecule has 0 aromatic heterocycles. The van der Waals surface area contributed by atoms with E-state index in [0.29, 0.717) is 38.3 Å². The molecule has 0 radical (unpaired) electrons. The van der Waals surface area contributed by atoms with Gasteiger partial charge >= 0.3 is 0 Å². The third-order valence-corrected chi connectivity index (χ3v) is 6.78. The molecular formula is C24H34N4O3S. The predicted molar refractivity (Wildman–Crippen MR) is 129 cm³/mol. The smallest absolute Gasteiger partial charge is 0.237 e. The van der Waals surface area contributed by atoms with E-state index in [1.165, 1.54) is 16.1 Å². The zero-order valence-electron chi connectivity index (χ0n) is 19.3. The third kappa shape index (κ3) is 6.79. The number of carbonyl (C=O) groups excluding carboxylic acids is 1. The summed E-state index contributed by atoms with van der Waals surface area (Å²) in [6.07, 6.45) is 1.96. The van der Waals surface area contributed by atoms with Gasteiger partial charge in [-0.1, -0.05) is 48.5 Å². The van der Waals surface area contributed by atoms with Gasteiger partial charge in [0.15, 0.2) is 0 Å². The number of para-hydroxylation sites is 1. The lowest BCUT2D eigenvalue weighted by Crippen LogP contribution is -2.42. The second-order valence-electron chi connectivity index (χ2n) is 8.63. The maximum atomic E-state index is 13.0. The van der Waals surface area contributed by atoms with Crippen molar-refractivity contribution >= 4 is 21.6 Å². The van der Waals surface area contributed by atoms with Gasteiger partial charge in [0.05, 0.1) is 18.5 Å². The van der Waals surface area contributed by atoms with Crippen LogP contribution in [0.25, 0.3) is 0 Å². The number of likely N-dealkylation sites (N-methyl/N-ethyl adjacent to an activating group) is 1. The summed E-state index contributed by atoms with van der Waals surface area (Å²) in [7, 11) is 0.312. The molecule has 0 fully saturated rings. The van der Waals surface area contributed by atoms with E-state index in [4.69, 9.17) is 0 Å². The number of hydrogen-bond acceptors (Lipinski definition) is 5. The molecule has 0 saturated heterocycles. The molecule has 0 saturated carbocycles. The van der Waals surface area contributed by atoms with Gasteiger partial charge in [-0.05, 0) is 37.7 Å². The van der Waals surface area contributed by atoms with E-state index in [1.807, 2.05) is 66.4 Å². The summed E-state index contributed by atoms with van der Waals surface area (Å²) in [6, 6.07) is 17.7. The quantitative estimate of drug-likeness (QED) is 0.688. The first-order chi connectivity index (χ1) is 15.2. The SMILES string of the molecule is CN(C)CC(=O)N1CCN(Cc2ccccc2)CCCN(S(C)(=O)=O)c2ccccc2C1. The molecule has 1 amide bonds.